The van der Waals surface area contributed by atoms with Crippen LogP contribution in [-0.4, -0.2) is 18.1 Å². The molecule has 0 saturated heterocycles. The third-order valence-electron chi connectivity index (χ3n) is 2.68. The van der Waals surface area contributed by atoms with Gasteiger partial charge in [0.05, 0.1) is 0 Å². The monoisotopic (exact) mass is 215 g/mol. The quantitative estimate of drug-likeness (QED) is 0.821. The van der Waals surface area contributed by atoms with Crippen LogP contribution in [0.2, 0.25) is 0 Å². The molecule has 2 aromatic rings. The summed E-state index contributed by atoms with van der Waals surface area (Å²) in [4.78, 5) is 4.35. The van der Waals surface area contributed by atoms with Crippen LogP contribution in [0.5, 0.6) is 0 Å². The van der Waals surface area contributed by atoms with E-state index in [0.29, 0.717) is 6.54 Å². The van der Waals surface area contributed by atoms with E-state index in [0.717, 1.165) is 18.8 Å². The molecule has 0 radical (unpaired) electrons. The fourth-order valence-electron chi connectivity index (χ4n) is 1.77. The van der Waals surface area contributed by atoms with Gasteiger partial charge in [-0.25, -0.2) is 4.98 Å². The molecule has 84 valence electrons. The Kier molecular flexibility index (Phi) is 3.37. The van der Waals surface area contributed by atoms with Crippen molar-refractivity contribution >= 4 is 16.6 Å². The van der Waals surface area contributed by atoms with Gasteiger partial charge in [-0.15, -0.1) is 0 Å². The number of pyridine rings is 1. The van der Waals surface area contributed by atoms with Crippen molar-refractivity contribution in [3.63, 3.8) is 0 Å². The molecule has 0 saturated carbocycles. The normalized spacial score (nSPS) is 10.6. The number of aromatic nitrogens is 1. The molecule has 16 heavy (non-hydrogen) atoms. The standard InChI is InChI=1S/C13H17N3/c1-2-10-3-4-11-5-7-15-13(12(11)9-10)16-8-6-14/h3-5,7,9H,2,6,8,14H2,1H3,(H,15,16). The minimum atomic E-state index is 0.617. The fourth-order valence-corrected chi connectivity index (χ4v) is 1.77. The molecule has 1 heterocycles. The lowest BCUT2D eigenvalue weighted by Gasteiger charge is -2.08. The molecule has 0 unspecified atom stereocenters. The molecule has 3 nitrogen and oxygen atoms in total. The first-order valence-corrected chi connectivity index (χ1v) is 5.66. The number of nitrogens with zero attached hydrogens (tertiary/aromatic N) is 1. The predicted molar refractivity (Wildman–Crippen MR) is 68.7 cm³/mol. The van der Waals surface area contributed by atoms with Gasteiger partial charge < -0.3 is 11.1 Å². The molecule has 0 atom stereocenters. The lowest BCUT2D eigenvalue weighted by atomic mass is 10.1. The zero-order chi connectivity index (χ0) is 11.4. The Bertz CT molecular complexity index is 480. The lowest BCUT2D eigenvalue weighted by Crippen LogP contribution is -2.14. The molecule has 0 aliphatic heterocycles. The number of fused-ring (bicyclic) bond motifs is 1. The van der Waals surface area contributed by atoms with E-state index in [1.54, 1.807) is 0 Å². The van der Waals surface area contributed by atoms with Gasteiger partial charge in [-0.2, -0.15) is 0 Å². The second-order valence-electron chi connectivity index (χ2n) is 3.78. The number of hydrogen-bond donors (Lipinski definition) is 2. The van der Waals surface area contributed by atoms with Crippen LogP contribution in [0.4, 0.5) is 5.82 Å². The zero-order valence-corrected chi connectivity index (χ0v) is 9.53. The van der Waals surface area contributed by atoms with E-state index in [1.807, 2.05) is 12.3 Å². The summed E-state index contributed by atoms with van der Waals surface area (Å²) in [6, 6.07) is 8.53. The first-order chi connectivity index (χ1) is 7.85. The van der Waals surface area contributed by atoms with Gasteiger partial charge >= 0.3 is 0 Å². The highest BCUT2D eigenvalue weighted by molar-refractivity contribution is 5.92. The third kappa shape index (κ3) is 2.14. The first kappa shape index (κ1) is 10.9. The van der Waals surface area contributed by atoms with Crippen LogP contribution < -0.4 is 11.1 Å². The highest BCUT2D eigenvalue weighted by atomic mass is 15.0. The SMILES string of the molecule is CCc1ccc2ccnc(NCCN)c2c1. The Labute approximate surface area is 95.7 Å². The summed E-state index contributed by atoms with van der Waals surface area (Å²) in [5.74, 6) is 0.929. The van der Waals surface area contributed by atoms with Crippen LogP contribution in [-0.2, 0) is 6.42 Å². The van der Waals surface area contributed by atoms with E-state index in [4.69, 9.17) is 5.73 Å². The Morgan fingerprint density at radius 1 is 1.31 bits per heavy atom. The average molecular weight is 215 g/mol. The molecule has 1 aromatic heterocycles. The second kappa shape index (κ2) is 4.94. The molecule has 0 aliphatic carbocycles. The lowest BCUT2D eigenvalue weighted by molar-refractivity contribution is 1.01. The smallest absolute Gasteiger partial charge is 0.133 e. The molecular weight excluding hydrogens is 198 g/mol. The summed E-state index contributed by atoms with van der Waals surface area (Å²) in [5.41, 5.74) is 6.82. The molecule has 3 heteroatoms. The Morgan fingerprint density at radius 3 is 2.94 bits per heavy atom. The van der Waals surface area contributed by atoms with Crippen molar-refractivity contribution in [2.45, 2.75) is 13.3 Å². The zero-order valence-electron chi connectivity index (χ0n) is 9.53. The highest BCUT2D eigenvalue weighted by Crippen LogP contribution is 2.22. The third-order valence-corrected chi connectivity index (χ3v) is 2.68. The van der Waals surface area contributed by atoms with Crippen molar-refractivity contribution in [3.8, 4) is 0 Å². The number of benzene rings is 1. The van der Waals surface area contributed by atoms with Crippen LogP contribution in [0, 0.1) is 0 Å². The van der Waals surface area contributed by atoms with Gasteiger partial charge in [-0.3, -0.25) is 0 Å². The molecule has 3 N–H and O–H groups in total. The van der Waals surface area contributed by atoms with Gasteiger partial charge in [0, 0.05) is 24.7 Å². The van der Waals surface area contributed by atoms with Crippen molar-refractivity contribution in [1.82, 2.24) is 4.98 Å². The van der Waals surface area contributed by atoms with Gasteiger partial charge in [-0.05, 0) is 29.5 Å². The Balaban J connectivity index is 2.46. The minimum absolute atomic E-state index is 0.617. The largest absolute Gasteiger partial charge is 0.368 e. The average Bonchev–Trinajstić information content (AvgIpc) is 2.35. The summed E-state index contributed by atoms with van der Waals surface area (Å²) < 4.78 is 0. The van der Waals surface area contributed by atoms with Crippen LogP contribution >= 0.6 is 0 Å². The maximum Gasteiger partial charge on any atom is 0.133 e. The van der Waals surface area contributed by atoms with Crippen molar-refractivity contribution in [2.24, 2.45) is 5.73 Å². The number of rotatable bonds is 4. The van der Waals surface area contributed by atoms with Gasteiger partial charge in [0.1, 0.15) is 5.82 Å². The highest BCUT2D eigenvalue weighted by Gasteiger charge is 2.02. The molecule has 2 rings (SSSR count). The Hall–Kier alpha value is -1.61. The molecule has 0 amide bonds. The topological polar surface area (TPSA) is 50.9 Å². The number of hydrogen-bond acceptors (Lipinski definition) is 3. The summed E-state index contributed by atoms with van der Waals surface area (Å²) in [6.07, 6.45) is 2.87. The summed E-state index contributed by atoms with van der Waals surface area (Å²) in [7, 11) is 0. The van der Waals surface area contributed by atoms with E-state index >= 15 is 0 Å². The molecule has 1 aromatic carbocycles. The molecule has 0 aliphatic rings. The van der Waals surface area contributed by atoms with E-state index in [-0.39, 0.29) is 0 Å². The van der Waals surface area contributed by atoms with E-state index in [2.05, 4.69) is 35.4 Å². The molecular formula is C13H17N3. The summed E-state index contributed by atoms with van der Waals surface area (Å²) in [6.45, 7) is 3.53. The Morgan fingerprint density at radius 2 is 2.19 bits per heavy atom. The van der Waals surface area contributed by atoms with Crippen molar-refractivity contribution in [2.75, 3.05) is 18.4 Å². The van der Waals surface area contributed by atoms with Crippen LogP contribution in [0.1, 0.15) is 12.5 Å². The van der Waals surface area contributed by atoms with E-state index < -0.39 is 0 Å². The fraction of sp³-hybridized carbons (Fsp3) is 0.308. The van der Waals surface area contributed by atoms with Gasteiger partial charge in [0.25, 0.3) is 0 Å². The molecule has 0 spiro atoms. The maximum atomic E-state index is 5.49. The number of nitrogens with one attached hydrogen (secondary N) is 1. The predicted octanol–water partition coefficient (Wildman–Crippen LogP) is 2.17. The van der Waals surface area contributed by atoms with Gasteiger partial charge in [0.2, 0.25) is 0 Å². The number of nitrogens with two attached hydrogens (primary N) is 1. The second-order valence-corrected chi connectivity index (χ2v) is 3.78. The van der Waals surface area contributed by atoms with Gasteiger partial charge in [0.15, 0.2) is 0 Å². The van der Waals surface area contributed by atoms with Crippen LogP contribution in [0.3, 0.4) is 0 Å². The summed E-state index contributed by atoms with van der Waals surface area (Å²) in [5, 5.41) is 5.64. The number of anilines is 1. The van der Waals surface area contributed by atoms with Crippen molar-refractivity contribution in [3.05, 3.63) is 36.0 Å². The van der Waals surface area contributed by atoms with Crippen molar-refractivity contribution in [1.29, 1.82) is 0 Å². The summed E-state index contributed by atoms with van der Waals surface area (Å²) >= 11 is 0. The van der Waals surface area contributed by atoms with Crippen LogP contribution in [0.15, 0.2) is 30.5 Å². The van der Waals surface area contributed by atoms with E-state index in [1.165, 1.54) is 16.3 Å². The molecule has 0 bridgehead atoms. The van der Waals surface area contributed by atoms with Crippen molar-refractivity contribution < 1.29 is 0 Å². The van der Waals surface area contributed by atoms with E-state index in [9.17, 15) is 0 Å². The minimum Gasteiger partial charge on any atom is -0.368 e. The number of aryl methyl sites for hydroxylation is 1. The van der Waals surface area contributed by atoms with Gasteiger partial charge in [-0.1, -0.05) is 19.1 Å². The van der Waals surface area contributed by atoms with Crippen LogP contribution in [0.25, 0.3) is 10.8 Å². The molecule has 0 fully saturated rings. The maximum absolute atomic E-state index is 5.49. The first-order valence-electron chi connectivity index (χ1n) is 5.66.